The van der Waals surface area contributed by atoms with Crippen molar-refractivity contribution >= 4 is 16.9 Å². The summed E-state index contributed by atoms with van der Waals surface area (Å²) in [6.07, 6.45) is -7.39. The average molecular weight is 665 g/mol. The van der Waals surface area contributed by atoms with Crippen LogP contribution in [0.1, 0.15) is 31.2 Å². The highest BCUT2D eigenvalue weighted by molar-refractivity contribution is 5.89. The number of methoxy groups -OCH3 is 1. The lowest BCUT2D eigenvalue weighted by Crippen LogP contribution is -2.61. The third kappa shape index (κ3) is 6.68. The fraction of sp³-hybridized carbons (Fsp3) is 0.371. The standard InChI is InChI=1S/C35H36O13/c1-44-21-11-9-20(10-12-21)23-15-22(36)26-24(45-23)16-25(46-34-30(40)28(38)29(39)32(47-34)33(41)42)31(27(26)37)48-35(43)13-5-8-19(17-35)14-18-6-3-2-4-7-18/h2-4,6-7,9-12,15-16,19,28-30,32,34,37-40,43H,5,8,13-14,17H2,1H3,(H,41,42). The van der Waals surface area contributed by atoms with Crippen molar-refractivity contribution in [1.29, 1.82) is 0 Å². The van der Waals surface area contributed by atoms with Gasteiger partial charge < -0.3 is 54.0 Å². The van der Waals surface area contributed by atoms with Gasteiger partial charge in [0.25, 0.3) is 0 Å². The molecule has 2 fully saturated rings. The first-order valence-electron chi connectivity index (χ1n) is 15.5. The second-order valence-corrected chi connectivity index (χ2v) is 12.2. The van der Waals surface area contributed by atoms with Gasteiger partial charge in [-0.15, -0.1) is 0 Å². The van der Waals surface area contributed by atoms with Crippen LogP contribution < -0.4 is 19.6 Å². The van der Waals surface area contributed by atoms with Gasteiger partial charge in [0.2, 0.25) is 17.8 Å². The number of aliphatic carboxylic acids is 1. The van der Waals surface area contributed by atoms with Crippen molar-refractivity contribution in [1.82, 2.24) is 0 Å². The summed E-state index contributed by atoms with van der Waals surface area (Å²) in [5.74, 6) is -4.37. The molecule has 2 heterocycles. The van der Waals surface area contributed by atoms with Crippen LogP contribution in [-0.4, -0.2) is 80.2 Å². The molecule has 6 N–H and O–H groups in total. The molecule has 2 aliphatic rings. The van der Waals surface area contributed by atoms with Gasteiger partial charge in [0.15, 0.2) is 23.0 Å². The number of aromatic hydroxyl groups is 1. The second-order valence-electron chi connectivity index (χ2n) is 12.2. The van der Waals surface area contributed by atoms with Crippen LogP contribution in [0.2, 0.25) is 0 Å². The number of rotatable bonds is 9. The number of carbonyl (C=O) groups is 1. The number of hydrogen-bond acceptors (Lipinski definition) is 12. The SMILES string of the molecule is COc1ccc(-c2cc(=O)c3c(O)c(OC4(O)CCCC(Cc5ccccc5)C4)c(OC4OC(C(=O)O)C(O)C(O)C4O)cc3o2)cc1. The topological polar surface area (TPSA) is 206 Å². The van der Waals surface area contributed by atoms with Gasteiger partial charge in [-0.25, -0.2) is 4.79 Å². The lowest BCUT2D eigenvalue weighted by molar-refractivity contribution is -0.271. The van der Waals surface area contributed by atoms with Gasteiger partial charge in [0.1, 0.15) is 40.8 Å². The number of fused-ring (bicyclic) bond motifs is 1. The Morgan fingerprint density at radius 3 is 2.42 bits per heavy atom. The summed E-state index contributed by atoms with van der Waals surface area (Å²) in [4.78, 5) is 25.2. The number of aliphatic hydroxyl groups is 4. The highest BCUT2D eigenvalue weighted by Gasteiger charge is 2.49. The molecule has 3 aromatic carbocycles. The van der Waals surface area contributed by atoms with Gasteiger partial charge in [-0.2, -0.15) is 0 Å². The van der Waals surface area contributed by atoms with E-state index in [4.69, 9.17) is 23.4 Å². The molecule has 0 radical (unpaired) electrons. The lowest BCUT2D eigenvalue weighted by Gasteiger charge is -2.39. The zero-order valence-corrected chi connectivity index (χ0v) is 25.9. The molecule has 0 bridgehead atoms. The van der Waals surface area contributed by atoms with Crippen LogP contribution in [0.3, 0.4) is 0 Å². The minimum absolute atomic E-state index is 0.00621. The zero-order chi connectivity index (χ0) is 34.2. The molecule has 1 aliphatic heterocycles. The monoisotopic (exact) mass is 664 g/mol. The Balaban J connectivity index is 1.41. The normalized spacial score (nSPS) is 27.4. The van der Waals surface area contributed by atoms with E-state index in [1.165, 1.54) is 19.2 Å². The van der Waals surface area contributed by atoms with E-state index in [0.29, 0.717) is 24.2 Å². The van der Waals surface area contributed by atoms with Crippen LogP contribution in [0.4, 0.5) is 0 Å². The van der Waals surface area contributed by atoms with Gasteiger partial charge in [-0.3, -0.25) is 4.79 Å². The highest BCUT2D eigenvalue weighted by atomic mass is 16.7. The Hall–Kier alpha value is -4.66. The first-order chi connectivity index (χ1) is 23.0. The van der Waals surface area contributed by atoms with E-state index < -0.39 is 65.1 Å². The van der Waals surface area contributed by atoms with Crippen molar-refractivity contribution in [3.8, 4) is 34.3 Å². The lowest BCUT2D eigenvalue weighted by atomic mass is 9.81. The molecule has 7 unspecified atom stereocenters. The number of ether oxygens (including phenoxy) is 4. The molecule has 6 rings (SSSR count). The summed E-state index contributed by atoms with van der Waals surface area (Å²) in [6.45, 7) is 0. The van der Waals surface area contributed by atoms with Crippen molar-refractivity contribution in [2.45, 2.75) is 68.6 Å². The first kappa shape index (κ1) is 33.2. The number of phenols is 1. The fourth-order valence-electron chi connectivity index (χ4n) is 6.35. The maximum Gasteiger partial charge on any atom is 0.335 e. The van der Waals surface area contributed by atoms with Crippen molar-refractivity contribution in [3.05, 3.63) is 82.5 Å². The summed E-state index contributed by atoms with van der Waals surface area (Å²) in [6, 6.07) is 18.7. The summed E-state index contributed by atoms with van der Waals surface area (Å²) in [5, 5.41) is 63.7. The van der Waals surface area contributed by atoms with E-state index in [1.54, 1.807) is 24.3 Å². The van der Waals surface area contributed by atoms with Crippen LogP contribution in [0.25, 0.3) is 22.3 Å². The number of hydrogen-bond donors (Lipinski definition) is 6. The molecule has 7 atom stereocenters. The van der Waals surface area contributed by atoms with Gasteiger partial charge >= 0.3 is 5.97 Å². The van der Waals surface area contributed by atoms with Gasteiger partial charge in [-0.1, -0.05) is 30.3 Å². The Kier molecular flexibility index (Phi) is 9.32. The van der Waals surface area contributed by atoms with Crippen molar-refractivity contribution in [2.24, 2.45) is 5.92 Å². The van der Waals surface area contributed by atoms with E-state index in [0.717, 1.165) is 12.0 Å². The molecular weight excluding hydrogens is 628 g/mol. The Labute approximate surface area is 274 Å². The summed E-state index contributed by atoms with van der Waals surface area (Å²) >= 11 is 0. The number of carboxylic acids is 1. The van der Waals surface area contributed by atoms with E-state index >= 15 is 0 Å². The maximum atomic E-state index is 13.5. The second kappa shape index (κ2) is 13.5. The molecule has 254 valence electrons. The number of aliphatic hydroxyl groups excluding tert-OH is 3. The first-order valence-corrected chi connectivity index (χ1v) is 15.5. The quantitative estimate of drug-likeness (QED) is 0.143. The van der Waals surface area contributed by atoms with Gasteiger partial charge in [0.05, 0.1) is 7.11 Å². The molecular formula is C35H36O13. The molecule has 0 spiro atoms. The fourth-order valence-corrected chi connectivity index (χ4v) is 6.35. The third-order valence-electron chi connectivity index (χ3n) is 8.79. The number of phenolic OH excluding ortho intramolecular Hbond substituents is 1. The smallest absolute Gasteiger partial charge is 0.335 e. The van der Waals surface area contributed by atoms with Crippen LogP contribution in [0.5, 0.6) is 23.0 Å². The van der Waals surface area contributed by atoms with Gasteiger partial charge in [0, 0.05) is 30.5 Å². The average Bonchev–Trinajstić information content (AvgIpc) is 3.06. The van der Waals surface area contributed by atoms with E-state index in [1.807, 2.05) is 30.3 Å². The highest BCUT2D eigenvalue weighted by Crippen LogP contribution is 2.47. The van der Waals surface area contributed by atoms with E-state index in [2.05, 4.69) is 0 Å². The van der Waals surface area contributed by atoms with Crippen molar-refractivity contribution in [2.75, 3.05) is 7.11 Å². The minimum Gasteiger partial charge on any atom is -0.504 e. The molecule has 13 nitrogen and oxygen atoms in total. The Morgan fingerprint density at radius 1 is 1.00 bits per heavy atom. The van der Waals surface area contributed by atoms with Crippen LogP contribution in [-0.2, 0) is 16.0 Å². The Morgan fingerprint density at radius 2 is 1.73 bits per heavy atom. The minimum atomic E-state index is -1.98. The molecule has 0 amide bonds. The molecule has 48 heavy (non-hydrogen) atoms. The third-order valence-corrected chi connectivity index (χ3v) is 8.79. The van der Waals surface area contributed by atoms with Crippen LogP contribution >= 0.6 is 0 Å². The van der Waals surface area contributed by atoms with E-state index in [9.17, 15) is 40.2 Å². The summed E-state index contributed by atoms with van der Waals surface area (Å²) in [7, 11) is 1.51. The van der Waals surface area contributed by atoms with Crippen LogP contribution in [0, 0.1) is 5.92 Å². The molecule has 4 aromatic rings. The van der Waals surface area contributed by atoms with Gasteiger partial charge in [-0.05, 0) is 55.0 Å². The predicted octanol–water partition coefficient (Wildman–Crippen LogP) is 2.95. The molecule has 1 aromatic heterocycles. The van der Waals surface area contributed by atoms with Crippen LogP contribution in [0.15, 0.2) is 75.9 Å². The summed E-state index contributed by atoms with van der Waals surface area (Å²) in [5.41, 5.74) is 0.760. The van der Waals surface area contributed by atoms with E-state index in [-0.39, 0.29) is 35.5 Å². The maximum absolute atomic E-state index is 13.5. The summed E-state index contributed by atoms with van der Waals surface area (Å²) < 4.78 is 28.4. The van der Waals surface area contributed by atoms with Crippen molar-refractivity contribution < 1.29 is 58.8 Å². The molecule has 1 saturated carbocycles. The number of benzene rings is 3. The Bertz CT molecular complexity index is 1820. The molecule has 1 saturated heterocycles. The molecule has 13 heteroatoms. The number of carboxylic acid groups (broad SMARTS) is 1. The van der Waals surface area contributed by atoms with Crippen molar-refractivity contribution in [3.63, 3.8) is 0 Å². The predicted molar refractivity (Wildman–Crippen MR) is 169 cm³/mol. The molecule has 1 aliphatic carbocycles. The largest absolute Gasteiger partial charge is 0.504 e. The zero-order valence-electron chi connectivity index (χ0n) is 25.9.